The van der Waals surface area contributed by atoms with Crippen molar-refractivity contribution in [2.75, 3.05) is 17.2 Å². The summed E-state index contributed by atoms with van der Waals surface area (Å²) in [6.45, 7) is 3.42. The average Bonchev–Trinajstić information content (AvgIpc) is 3.42. The summed E-state index contributed by atoms with van der Waals surface area (Å²) in [5.41, 5.74) is 1.77. The number of benzene rings is 1. The first-order valence-electron chi connectivity index (χ1n) is 11.7. The summed E-state index contributed by atoms with van der Waals surface area (Å²) < 4.78 is 1.99. The van der Waals surface area contributed by atoms with Crippen molar-refractivity contribution in [2.45, 2.75) is 32.4 Å². The highest BCUT2D eigenvalue weighted by atomic mass is 16.2. The maximum Gasteiger partial charge on any atom is 0.249 e. The minimum atomic E-state index is -0.457. The van der Waals surface area contributed by atoms with Crippen molar-refractivity contribution in [3.05, 3.63) is 85.4 Å². The Kier molecular flexibility index (Phi) is 8.31. The van der Waals surface area contributed by atoms with Crippen LogP contribution in [0.3, 0.4) is 0 Å². The van der Waals surface area contributed by atoms with Gasteiger partial charge < -0.3 is 20.5 Å². The number of hydrogen-bond donors (Lipinski definition) is 3. The molecule has 3 aromatic heterocycles. The normalized spacial score (nSPS) is 11.9. The molecule has 0 bridgehead atoms. The van der Waals surface area contributed by atoms with E-state index in [2.05, 4.69) is 35.9 Å². The summed E-state index contributed by atoms with van der Waals surface area (Å²) in [5, 5.41) is 9.58. The van der Waals surface area contributed by atoms with Gasteiger partial charge in [0.2, 0.25) is 11.8 Å². The van der Waals surface area contributed by atoms with Gasteiger partial charge in [-0.15, -0.1) is 0 Å². The number of amides is 2. The van der Waals surface area contributed by atoms with Gasteiger partial charge in [0.05, 0.1) is 18.0 Å². The van der Waals surface area contributed by atoms with E-state index < -0.39 is 5.91 Å². The predicted molar refractivity (Wildman–Crippen MR) is 138 cm³/mol. The Bertz CT molecular complexity index is 1320. The molecule has 0 aliphatic carbocycles. The van der Waals surface area contributed by atoms with Crippen LogP contribution in [0.15, 0.2) is 79.8 Å². The van der Waals surface area contributed by atoms with E-state index in [9.17, 15) is 9.59 Å². The number of fused-ring (bicyclic) bond motifs is 1. The summed E-state index contributed by atoms with van der Waals surface area (Å²) in [4.78, 5) is 41.2. The number of imidazole rings is 1. The van der Waals surface area contributed by atoms with Crippen molar-refractivity contribution in [2.24, 2.45) is 0 Å². The first-order valence-corrected chi connectivity index (χ1v) is 11.7. The van der Waals surface area contributed by atoms with Crippen LogP contribution in [0, 0.1) is 0 Å². The standard InChI is InChI=1S/C26H28N8O2/c1-19(20-7-3-2-4-8-20)32-26-21-15-23(29-16-22(21)30-17-31-26)33-25(36)10-9-24(35)28-11-5-6-13-34-14-12-27-18-34/h2-4,7-10,12,14-19H,5-6,11,13H2,1H3,(H,28,35)(H,29,33,36)(H,30,31,32). The lowest BCUT2D eigenvalue weighted by atomic mass is 10.1. The summed E-state index contributed by atoms with van der Waals surface area (Å²) in [5.74, 6) is 0.189. The molecule has 1 aromatic carbocycles. The monoisotopic (exact) mass is 484 g/mol. The molecule has 1 unspecified atom stereocenters. The summed E-state index contributed by atoms with van der Waals surface area (Å²) in [6, 6.07) is 11.8. The van der Waals surface area contributed by atoms with Gasteiger partial charge in [-0.25, -0.2) is 19.9 Å². The third-order valence-corrected chi connectivity index (χ3v) is 5.51. The first kappa shape index (κ1) is 24.5. The Morgan fingerprint density at radius 3 is 2.69 bits per heavy atom. The Morgan fingerprint density at radius 1 is 1.06 bits per heavy atom. The van der Waals surface area contributed by atoms with Crippen molar-refractivity contribution < 1.29 is 9.59 Å². The van der Waals surface area contributed by atoms with Gasteiger partial charge in [0, 0.05) is 49.1 Å². The van der Waals surface area contributed by atoms with Gasteiger partial charge >= 0.3 is 0 Å². The maximum absolute atomic E-state index is 12.3. The number of unbranched alkanes of at least 4 members (excludes halogenated alkanes) is 1. The molecule has 2 amide bonds. The highest BCUT2D eigenvalue weighted by Gasteiger charge is 2.11. The van der Waals surface area contributed by atoms with E-state index in [1.54, 1.807) is 24.8 Å². The van der Waals surface area contributed by atoms with Crippen LogP contribution < -0.4 is 16.0 Å². The fourth-order valence-corrected chi connectivity index (χ4v) is 3.60. The third kappa shape index (κ3) is 6.95. The minimum Gasteiger partial charge on any atom is -0.363 e. The molecule has 0 saturated carbocycles. The molecule has 1 atom stereocenters. The number of anilines is 2. The van der Waals surface area contributed by atoms with Crippen LogP contribution in [0.4, 0.5) is 11.6 Å². The van der Waals surface area contributed by atoms with Crippen molar-refractivity contribution in [1.82, 2.24) is 29.8 Å². The molecular formula is C26H28N8O2. The van der Waals surface area contributed by atoms with Crippen molar-refractivity contribution >= 4 is 34.4 Å². The molecule has 184 valence electrons. The van der Waals surface area contributed by atoms with E-state index >= 15 is 0 Å². The van der Waals surface area contributed by atoms with Crippen LogP contribution in [0.5, 0.6) is 0 Å². The number of hydrogen-bond acceptors (Lipinski definition) is 7. The Hall–Kier alpha value is -4.60. The second-order valence-electron chi connectivity index (χ2n) is 8.21. The smallest absolute Gasteiger partial charge is 0.249 e. The number of pyridine rings is 1. The molecule has 10 nitrogen and oxygen atoms in total. The third-order valence-electron chi connectivity index (χ3n) is 5.51. The Balaban J connectivity index is 1.30. The number of carbonyl (C=O) groups excluding carboxylic acids is 2. The van der Waals surface area contributed by atoms with Crippen molar-refractivity contribution in [3.8, 4) is 0 Å². The molecule has 0 radical (unpaired) electrons. The molecule has 0 spiro atoms. The highest BCUT2D eigenvalue weighted by molar-refractivity contribution is 6.04. The fraction of sp³-hybridized carbons (Fsp3) is 0.231. The van der Waals surface area contributed by atoms with E-state index in [1.807, 2.05) is 48.0 Å². The lowest BCUT2D eigenvalue weighted by molar-refractivity contribution is -0.117. The minimum absolute atomic E-state index is 0.0165. The summed E-state index contributed by atoms with van der Waals surface area (Å²) >= 11 is 0. The van der Waals surface area contributed by atoms with Gasteiger partial charge in [-0.05, 0) is 31.4 Å². The van der Waals surface area contributed by atoms with E-state index in [1.165, 1.54) is 18.5 Å². The van der Waals surface area contributed by atoms with Crippen molar-refractivity contribution in [1.29, 1.82) is 0 Å². The molecule has 3 heterocycles. The average molecular weight is 485 g/mol. The van der Waals surface area contributed by atoms with E-state index in [-0.39, 0.29) is 11.9 Å². The van der Waals surface area contributed by atoms with Crippen LogP contribution in [0.1, 0.15) is 31.4 Å². The van der Waals surface area contributed by atoms with Gasteiger partial charge in [0.15, 0.2) is 0 Å². The quantitative estimate of drug-likeness (QED) is 0.220. The van der Waals surface area contributed by atoms with E-state index in [0.717, 1.165) is 30.3 Å². The molecular weight excluding hydrogens is 456 g/mol. The Morgan fingerprint density at radius 2 is 1.89 bits per heavy atom. The molecule has 0 fully saturated rings. The van der Waals surface area contributed by atoms with Crippen molar-refractivity contribution in [3.63, 3.8) is 0 Å². The second-order valence-corrected chi connectivity index (χ2v) is 8.21. The van der Waals surface area contributed by atoms with Gasteiger partial charge in [0.25, 0.3) is 0 Å². The van der Waals surface area contributed by atoms with E-state index in [4.69, 9.17) is 0 Å². The number of aryl methyl sites for hydroxylation is 1. The maximum atomic E-state index is 12.3. The lowest BCUT2D eigenvalue weighted by Gasteiger charge is -2.16. The van der Waals surface area contributed by atoms with Gasteiger partial charge in [-0.1, -0.05) is 30.3 Å². The topological polar surface area (TPSA) is 127 Å². The summed E-state index contributed by atoms with van der Waals surface area (Å²) in [6.07, 6.45) is 12.6. The molecule has 0 aliphatic rings. The number of aromatic nitrogens is 5. The first-order chi connectivity index (χ1) is 17.6. The van der Waals surface area contributed by atoms with Crippen LogP contribution in [-0.2, 0) is 16.1 Å². The number of nitrogens with one attached hydrogen (secondary N) is 3. The fourth-order valence-electron chi connectivity index (χ4n) is 3.60. The van der Waals surface area contributed by atoms with Gasteiger partial charge in [-0.2, -0.15) is 0 Å². The summed E-state index contributed by atoms with van der Waals surface area (Å²) in [7, 11) is 0. The Labute approximate surface area is 208 Å². The van der Waals surface area contributed by atoms with Crippen LogP contribution in [0.2, 0.25) is 0 Å². The SMILES string of the molecule is CC(Nc1ncnc2cnc(NC(=O)C=CC(=O)NCCCCn3ccnc3)cc12)c1ccccc1. The zero-order valence-electron chi connectivity index (χ0n) is 20.0. The van der Waals surface area contributed by atoms with Gasteiger partial charge in [-0.3, -0.25) is 9.59 Å². The molecule has 3 N–H and O–H groups in total. The van der Waals surface area contributed by atoms with Crippen LogP contribution >= 0.6 is 0 Å². The molecule has 36 heavy (non-hydrogen) atoms. The van der Waals surface area contributed by atoms with Crippen LogP contribution in [-0.4, -0.2) is 42.9 Å². The molecule has 4 rings (SSSR count). The second kappa shape index (κ2) is 12.2. The molecule has 10 heteroatoms. The molecule has 4 aromatic rings. The number of rotatable bonds is 11. The molecule has 0 saturated heterocycles. The zero-order chi connectivity index (χ0) is 25.2. The predicted octanol–water partition coefficient (Wildman–Crippen LogP) is 3.49. The zero-order valence-corrected chi connectivity index (χ0v) is 20.0. The highest BCUT2D eigenvalue weighted by Crippen LogP contribution is 2.25. The largest absolute Gasteiger partial charge is 0.363 e. The van der Waals surface area contributed by atoms with Crippen LogP contribution in [0.25, 0.3) is 10.9 Å². The van der Waals surface area contributed by atoms with Gasteiger partial charge in [0.1, 0.15) is 18.0 Å². The number of nitrogens with zero attached hydrogens (tertiary/aromatic N) is 5. The van der Waals surface area contributed by atoms with E-state index in [0.29, 0.717) is 23.7 Å². The lowest BCUT2D eigenvalue weighted by Crippen LogP contribution is -2.23. The molecule has 0 aliphatic heterocycles. The number of carbonyl (C=O) groups is 2.